The monoisotopic (exact) mass is 430 g/mol. The van der Waals surface area contributed by atoms with E-state index in [1.807, 2.05) is 12.4 Å². The first kappa shape index (κ1) is 21.0. The van der Waals surface area contributed by atoms with Crippen LogP contribution in [0.15, 0.2) is 48.9 Å². The van der Waals surface area contributed by atoms with Gasteiger partial charge in [0.15, 0.2) is 0 Å². The van der Waals surface area contributed by atoms with Gasteiger partial charge < -0.3 is 20.1 Å². The van der Waals surface area contributed by atoms with Gasteiger partial charge in [-0.3, -0.25) is 4.98 Å². The molecule has 1 aromatic carbocycles. The summed E-state index contributed by atoms with van der Waals surface area (Å²) in [5, 5.41) is 4.91. The first-order valence-corrected chi connectivity index (χ1v) is 12.0. The molecule has 1 saturated heterocycles. The molecule has 6 heteroatoms. The molecule has 2 N–H and O–H groups in total. The van der Waals surface area contributed by atoms with Crippen molar-refractivity contribution >= 4 is 16.7 Å². The minimum Gasteiger partial charge on any atom is -0.365 e. The topological polar surface area (TPSA) is 60.1 Å². The maximum absolute atomic E-state index is 4.89. The van der Waals surface area contributed by atoms with Crippen LogP contribution in [0.25, 0.3) is 10.9 Å². The summed E-state index contributed by atoms with van der Waals surface area (Å²) in [7, 11) is 0. The lowest BCUT2D eigenvalue weighted by molar-refractivity contribution is 0.260. The van der Waals surface area contributed by atoms with E-state index in [9.17, 15) is 0 Å². The zero-order valence-corrected chi connectivity index (χ0v) is 19.3. The minimum absolute atomic E-state index is 0.0201. The summed E-state index contributed by atoms with van der Waals surface area (Å²) in [5.74, 6) is 0.866. The Morgan fingerprint density at radius 3 is 2.84 bits per heavy atom. The fourth-order valence-electron chi connectivity index (χ4n) is 5.32. The van der Waals surface area contributed by atoms with Crippen LogP contribution in [0.1, 0.15) is 56.1 Å². The van der Waals surface area contributed by atoms with E-state index in [1.165, 1.54) is 35.1 Å². The summed E-state index contributed by atoms with van der Waals surface area (Å²) in [6.45, 7) is 13.1. The van der Waals surface area contributed by atoms with Crippen molar-refractivity contribution < 1.29 is 0 Å². The van der Waals surface area contributed by atoms with Gasteiger partial charge >= 0.3 is 0 Å². The molecular weight excluding hydrogens is 396 g/mol. The number of rotatable bonds is 7. The van der Waals surface area contributed by atoms with Gasteiger partial charge in [-0.25, -0.2) is 4.98 Å². The maximum Gasteiger partial charge on any atom is 0.144 e. The lowest BCUT2D eigenvalue weighted by Gasteiger charge is -2.38. The molecule has 4 heterocycles. The molecule has 0 radical (unpaired) electrons. The quantitative estimate of drug-likeness (QED) is 0.568. The molecule has 0 spiro atoms. The van der Waals surface area contributed by atoms with E-state index in [1.54, 1.807) is 0 Å². The van der Waals surface area contributed by atoms with Crippen LogP contribution in [0.4, 0.5) is 5.82 Å². The van der Waals surface area contributed by atoms with Gasteiger partial charge in [-0.2, -0.15) is 0 Å². The smallest absolute Gasteiger partial charge is 0.144 e. The van der Waals surface area contributed by atoms with Crippen LogP contribution in [-0.4, -0.2) is 57.0 Å². The van der Waals surface area contributed by atoms with Crippen LogP contribution in [0.3, 0.4) is 0 Å². The predicted molar refractivity (Wildman–Crippen MR) is 131 cm³/mol. The van der Waals surface area contributed by atoms with Crippen LogP contribution in [-0.2, 0) is 6.42 Å². The molecule has 1 fully saturated rings. The number of benzene rings is 1. The summed E-state index contributed by atoms with van der Waals surface area (Å²) >= 11 is 0. The number of H-pyrrole nitrogens is 1. The summed E-state index contributed by atoms with van der Waals surface area (Å²) in [6.07, 6.45) is 8.16. The van der Waals surface area contributed by atoms with Crippen molar-refractivity contribution in [2.75, 3.05) is 31.5 Å². The van der Waals surface area contributed by atoms with Crippen molar-refractivity contribution in [3.63, 3.8) is 0 Å². The minimum atomic E-state index is 0.0201. The first-order valence-electron chi connectivity index (χ1n) is 12.0. The largest absolute Gasteiger partial charge is 0.365 e. The average molecular weight is 431 g/mol. The van der Waals surface area contributed by atoms with Gasteiger partial charge in [0.1, 0.15) is 11.9 Å². The first-order chi connectivity index (χ1) is 15.7. The Morgan fingerprint density at radius 1 is 1.19 bits per heavy atom. The molecule has 3 aromatic rings. The lowest BCUT2D eigenvalue weighted by Crippen LogP contribution is -2.35. The Morgan fingerprint density at radius 2 is 2.06 bits per heavy atom. The summed E-state index contributed by atoms with van der Waals surface area (Å²) in [5.41, 5.74) is 5.93. The number of aromatic amines is 1. The van der Waals surface area contributed by atoms with E-state index in [0.29, 0.717) is 6.04 Å². The van der Waals surface area contributed by atoms with E-state index in [2.05, 4.69) is 64.8 Å². The predicted octanol–water partition coefficient (Wildman–Crippen LogP) is 4.73. The molecule has 168 valence electrons. The molecule has 0 unspecified atom stereocenters. The zero-order chi connectivity index (χ0) is 22.1. The molecule has 0 bridgehead atoms. The molecule has 2 aliphatic heterocycles. The van der Waals surface area contributed by atoms with Crippen LogP contribution in [0.5, 0.6) is 0 Å². The van der Waals surface area contributed by atoms with Gasteiger partial charge in [0.2, 0.25) is 0 Å². The molecule has 0 saturated carbocycles. The van der Waals surface area contributed by atoms with Crippen LogP contribution in [0, 0.1) is 0 Å². The third-order valence-electron chi connectivity index (χ3n) is 6.96. The second kappa shape index (κ2) is 8.94. The molecule has 2 atom stereocenters. The molecule has 5 rings (SSSR count). The van der Waals surface area contributed by atoms with Gasteiger partial charge in [-0.15, -0.1) is 0 Å². The van der Waals surface area contributed by atoms with Crippen LogP contribution < -0.4 is 5.32 Å². The average Bonchev–Trinajstić information content (AvgIpc) is 3.42. The number of anilines is 1. The third kappa shape index (κ3) is 3.88. The van der Waals surface area contributed by atoms with Crippen molar-refractivity contribution in [2.24, 2.45) is 0 Å². The van der Waals surface area contributed by atoms with Gasteiger partial charge in [-0.05, 0) is 43.9 Å². The highest BCUT2D eigenvalue weighted by Gasteiger charge is 2.33. The standard InChI is InChI=1S/C26H34N6/c1-4-12-31-13-10-19(17-31)29-24-16-27-23(15-28-24)26-25-21(11-14-32(26)18(3)5-2)20-8-6-7-9-22(20)30-25/h6-9,15-16,19,26,30H,3-5,10-14,17H2,1-2H3,(H,28,29)/t19-,26+/m0/s1. The maximum atomic E-state index is 4.89. The Labute approximate surface area is 190 Å². The zero-order valence-electron chi connectivity index (χ0n) is 19.3. The fraction of sp³-hybridized carbons (Fsp3) is 0.462. The number of nitrogens with zero attached hydrogens (tertiary/aromatic N) is 4. The van der Waals surface area contributed by atoms with Gasteiger partial charge in [0, 0.05) is 48.0 Å². The fourth-order valence-corrected chi connectivity index (χ4v) is 5.32. The number of fused-ring (bicyclic) bond motifs is 3. The number of aromatic nitrogens is 3. The number of allylic oxidation sites excluding steroid dienone is 1. The number of nitrogens with one attached hydrogen (secondary N) is 2. The van der Waals surface area contributed by atoms with Crippen molar-refractivity contribution in [1.82, 2.24) is 24.8 Å². The molecule has 2 aromatic heterocycles. The Kier molecular flexibility index (Phi) is 5.87. The van der Waals surface area contributed by atoms with Crippen LogP contribution in [0.2, 0.25) is 0 Å². The Hall–Kier alpha value is -2.86. The van der Waals surface area contributed by atoms with Crippen molar-refractivity contribution in [2.45, 2.75) is 51.6 Å². The summed E-state index contributed by atoms with van der Waals surface area (Å²) in [6, 6.07) is 9.06. The summed E-state index contributed by atoms with van der Waals surface area (Å²) in [4.78, 5) is 18.3. The molecule has 2 aliphatic rings. The van der Waals surface area contributed by atoms with Crippen LogP contribution >= 0.6 is 0 Å². The highest BCUT2D eigenvalue weighted by molar-refractivity contribution is 5.85. The van der Waals surface area contributed by atoms with Crippen molar-refractivity contribution in [3.8, 4) is 0 Å². The molecule has 6 nitrogen and oxygen atoms in total. The Balaban J connectivity index is 1.42. The van der Waals surface area contributed by atoms with Gasteiger partial charge in [0.25, 0.3) is 0 Å². The second-order valence-electron chi connectivity index (χ2n) is 9.09. The third-order valence-corrected chi connectivity index (χ3v) is 6.96. The molecular formula is C26H34N6. The molecule has 0 aliphatic carbocycles. The molecule has 32 heavy (non-hydrogen) atoms. The number of hydrogen-bond donors (Lipinski definition) is 2. The lowest BCUT2D eigenvalue weighted by atomic mass is 9.94. The normalized spacial score (nSPS) is 21.1. The van der Waals surface area contributed by atoms with E-state index in [-0.39, 0.29) is 6.04 Å². The second-order valence-corrected chi connectivity index (χ2v) is 9.09. The number of hydrogen-bond acceptors (Lipinski definition) is 5. The van der Waals surface area contributed by atoms with Gasteiger partial charge in [-0.1, -0.05) is 38.6 Å². The number of likely N-dealkylation sites (tertiary alicyclic amines) is 1. The highest BCUT2D eigenvalue weighted by atomic mass is 15.2. The van der Waals surface area contributed by atoms with E-state index >= 15 is 0 Å². The van der Waals surface area contributed by atoms with E-state index < -0.39 is 0 Å². The SMILES string of the molecule is C=C(CC)N1CCc2c([nH]c3ccccc23)[C@H]1c1cnc(N[C@H]2CCN(CCC)C2)cn1. The Bertz CT molecular complexity index is 1090. The van der Waals surface area contributed by atoms with E-state index in [4.69, 9.17) is 9.97 Å². The van der Waals surface area contributed by atoms with Crippen molar-refractivity contribution in [1.29, 1.82) is 0 Å². The van der Waals surface area contributed by atoms with Gasteiger partial charge in [0.05, 0.1) is 18.1 Å². The molecule has 0 amide bonds. The summed E-state index contributed by atoms with van der Waals surface area (Å²) < 4.78 is 0. The number of para-hydroxylation sites is 1. The van der Waals surface area contributed by atoms with Crippen molar-refractivity contribution in [3.05, 3.63) is 65.9 Å². The van der Waals surface area contributed by atoms with E-state index in [0.717, 1.165) is 56.1 Å². The highest BCUT2D eigenvalue weighted by Crippen LogP contribution is 2.39.